The van der Waals surface area contributed by atoms with Gasteiger partial charge in [-0.3, -0.25) is 4.79 Å². The van der Waals surface area contributed by atoms with Crippen LogP contribution in [0.15, 0.2) is 47.4 Å². The van der Waals surface area contributed by atoms with E-state index in [-0.39, 0.29) is 67.4 Å². The molecule has 2 heterocycles. The molecular formula is C30H30F8N2O5S. The molecule has 2 aliphatic heterocycles. The lowest BCUT2D eigenvalue weighted by molar-refractivity contribution is -0.348. The van der Waals surface area contributed by atoms with Crippen molar-refractivity contribution < 1.29 is 58.2 Å². The number of halogens is 8. The molecule has 2 fully saturated rings. The van der Waals surface area contributed by atoms with E-state index in [4.69, 9.17) is 0 Å². The number of amides is 2. The van der Waals surface area contributed by atoms with Gasteiger partial charge in [0.05, 0.1) is 16.9 Å². The van der Waals surface area contributed by atoms with Gasteiger partial charge >= 0.3 is 30.0 Å². The van der Waals surface area contributed by atoms with Crippen molar-refractivity contribution >= 4 is 21.8 Å². The number of alkyl halides is 7. The number of aryl methyl sites for hydroxylation is 1. The van der Waals surface area contributed by atoms with E-state index in [0.717, 1.165) is 30.3 Å². The lowest BCUT2D eigenvalue weighted by Crippen LogP contribution is -2.58. The molecule has 0 saturated carbocycles. The zero-order chi connectivity index (χ0) is 34.3. The highest BCUT2D eigenvalue weighted by Gasteiger charge is 2.74. The fraction of sp³-hybridized carbons (Fsp3) is 0.533. The first-order valence-electron chi connectivity index (χ1n) is 14.3. The van der Waals surface area contributed by atoms with Crippen molar-refractivity contribution in [2.45, 2.75) is 73.2 Å². The molecule has 7 nitrogen and oxygen atoms in total. The number of piperidine rings is 1. The quantitative estimate of drug-likeness (QED) is 0.300. The van der Waals surface area contributed by atoms with Crippen LogP contribution in [0.4, 0.5) is 39.9 Å². The molecule has 2 saturated heterocycles. The first-order valence-corrected chi connectivity index (χ1v) is 15.8. The molecule has 0 radical (unpaired) electrons. The summed E-state index contributed by atoms with van der Waals surface area (Å²) in [6.45, 7) is 3.26. The molecule has 1 aliphatic carbocycles. The predicted octanol–water partition coefficient (Wildman–Crippen LogP) is 6.36. The van der Waals surface area contributed by atoms with E-state index in [1.54, 1.807) is 13.8 Å². The topological polar surface area (TPSA) is 95.0 Å². The average Bonchev–Trinajstić information content (AvgIpc) is 3.36. The number of hydrogen-bond acceptors (Lipinski definition) is 4. The fourth-order valence-electron chi connectivity index (χ4n) is 7.44. The Morgan fingerprint density at radius 1 is 0.913 bits per heavy atom. The maximum atomic E-state index is 15.0. The molecule has 252 valence electrons. The van der Waals surface area contributed by atoms with Crippen molar-refractivity contribution in [1.29, 1.82) is 0 Å². The highest BCUT2D eigenvalue weighted by molar-refractivity contribution is 7.92. The van der Waals surface area contributed by atoms with Gasteiger partial charge in [0.25, 0.3) is 0 Å². The zero-order valence-electron chi connectivity index (χ0n) is 24.6. The summed E-state index contributed by atoms with van der Waals surface area (Å²) in [7, 11) is -4.63. The predicted molar refractivity (Wildman–Crippen MR) is 147 cm³/mol. The number of carbonyl (C=O) groups is 2. The second kappa shape index (κ2) is 10.8. The van der Waals surface area contributed by atoms with Crippen LogP contribution in [-0.2, 0) is 31.5 Å². The van der Waals surface area contributed by atoms with Crippen molar-refractivity contribution in [1.82, 2.24) is 9.80 Å². The number of sulfone groups is 1. The summed E-state index contributed by atoms with van der Waals surface area (Å²) >= 11 is 0. The third kappa shape index (κ3) is 4.93. The van der Waals surface area contributed by atoms with Gasteiger partial charge in [-0.2, -0.15) is 26.3 Å². The number of benzene rings is 2. The number of carboxylic acids is 1. The minimum Gasteiger partial charge on any atom is -0.481 e. The summed E-state index contributed by atoms with van der Waals surface area (Å²) in [4.78, 5) is 28.0. The Hall–Kier alpha value is -3.43. The second-order valence-electron chi connectivity index (χ2n) is 12.7. The molecule has 2 aromatic carbocycles. The summed E-state index contributed by atoms with van der Waals surface area (Å²) in [5.41, 5.74) is -8.77. The van der Waals surface area contributed by atoms with Gasteiger partial charge in [-0.15, -0.1) is 0 Å². The molecule has 3 atom stereocenters. The minimum absolute atomic E-state index is 0.0249. The van der Waals surface area contributed by atoms with Crippen LogP contribution >= 0.6 is 0 Å². The molecule has 1 unspecified atom stereocenters. The normalized spacial score (nSPS) is 25.2. The maximum Gasteiger partial charge on any atom is 0.435 e. The number of carboxylic acid groups (broad SMARTS) is 1. The second-order valence-corrected chi connectivity index (χ2v) is 14.9. The Labute approximate surface area is 259 Å². The van der Waals surface area contributed by atoms with Gasteiger partial charge in [-0.05, 0) is 66.5 Å². The van der Waals surface area contributed by atoms with Crippen molar-refractivity contribution in [3.63, 3.8) is 0 Å². The highest BCUT2D eigenvalue weighted by Crippen LogP contribution is 2.57. The molecule has 0 bridgehead atoms. The molecule has 3 aliphatic rings. The van der Waals surface area contributed by atoms with Gasteiger partial charge in [0.15, 0.2) is 9.84 Å². The summed E-state index contributed by atoms with van der Waals surface area (Å²) in [5.74, 6) is -2.55. The van der Waals surface area contributed by atoms with Gasteiger partial charge in [0, 0.05) is 25.2 Å². The van der Waals surface area contributed by atoms with E-state index in [0.29, 0.717) is 6.07 Å². The van der Waals surface area contributed by atoms with E-state index in [1.807, 2.05) is 0 Å². The number of nitrogens with zero attached hydrogens (tertiary/aromatic N) is 2. The maximum absolute atomic E-state index is 15.0. The number of fused-ring (bicyclic) bond motifs is 3. The monoisotopic (exact) mass is 682 g/mol. The van der Waals surface area contributed by atoms with Crippen LogP contribution in [0.25, 0.3) is 0 Å². The Balaban J connectivity index is 1.63. The molecule has 46 heavy (non-hydrogen) atoms. The van der Waals surface area contributed by atoms with Crippen molar-refractivity contribution in [2.24, 2.45) is 11.3 Å². The number of urea groups is 1. The lowest BCUT2D eigenvalue weighted by atomic mass is 9.74. The smallest absolute Gasteiger partial charge is 0.435 e. The molecule has 16 heteroatoms. The molecule has 2 aromatic rings. The number of rotatable bonds is 4. The third-order valence-electron chi connectivity index (χ3n) is 9.71. The third-order valence-corrected chi connectivity index (χ3v) is 12.3. The summed E-state index contributed by atoms with van der Waals surface area (Å²) in [5, 5.41) is 9.61. The van der Waals surface area contributed by atoms with Gasteiger partial charge in [-0.25, -0.2) is 22.0 Å². The van der Waals surface area contributed by atoms with Crippen molar-refractivity contribution in [3.05, 3.63) is 65.0 Å². The van der Waals surface area contributed by atoms with Crippen LogP contribution in [0.3, 0.4) is 0 Å². The number of hydrogen-bond donors (Lipinski definition) is 1. The van der Waals surface area contributed by atoms with Gasteiger partial charge in [-0.1, -0.05) is 32.0 Å². The highest BCUT2D eigenvalue weighted by atomic mass is 32.2. The average molecular weight is 683 g/mol. The lowest BCUT2D eigenvalue weighted by Gasteiger charge is -2.46. The Morgan fingerprint density at radius 3 is 2.07 bits per heavy atom. The van der Waals surface area contributed by atoms with E-state index in [1.165, 1.54) is 9.80 Å². The molecular weight excluding hydrogens is 652 g/mol. The van der Waals surface area contributed by atoms with E-state index < -0.39 is 73.4 Å². The van der Waals surface area contributed by atoms with Crippen LogP contribution in [-0.4, -0.2) is 73.4 Å². The molecule has 0 spiro atoms. The van der Waals surface area contributed by atoms with Crippen LogP contribution in [0.5, 0.6) is 0 Å². The van der Waals surface area contributed by atoms with E-state index >= 15 is 4.39 Å². The van der Waals surface area contributed by atoms with Gasteiger partial charge < -0.3 is 14.9 Å². The number of likely N-dealkylation sites (tertiary alicyclic amines) is 2. The van der Waals surface area contributed by atoms with Crippen LogP contribution < -0.4 is 0 Å². The van der Waals surface area contributed by atoms with Gasteiger partial charge in [0.1, 0.15) is 10.6 Å². The first-order chi connectivity index (χ1) is 21.1. The Kier molecular flexibility index (Phi) is 7.97. The molecule has 5 rings (SSSR count). The van der Waals surface area contributed by atoms with Gasteiger partial charge in [0.2, 0.25) is 0 Å². The van der Waals surface area contributed by atoms with E-state index in [9.17, 15) is 53.8 Å². The summed E-state index contributed by atoms with van der Waals surface area (Å²) in [6, 6.07) is 3.35. The fourth-order valence-corrected chi connectivity index (χ4v) is 9.81. The molecule has 1 N–H and O–H groups in total. The standard InChI is InChI=1S/C30H30F8N2O5S/c1-26(2)16-39(13-11-22(26)24(41)42)25(43)40-14-12-27(46(44,45)20-7-5-19(31)6-8-20)21-9-4-18(15-17(21)3-10-23(27)40)28(32,29(33,34)35)30(36,37)38/h4-9,15,22-23H,3,10-14,16H2,1-2H3,(H,41,42)/t22?,23-,27-/m1/s1. The minimum atomic E-state index is -6.38. The van der Waals surface area contributed by atoms with Crippen LogP contribution in [0, 0.1) is 17.2 Å². The largest absolute Gasteiger partial charge is 0.481 e. The van der Waals surface area contributed by atoms with Crippen LogP contribution in [0.2, 0.25) is 0 Å². The van der Waals surface area contributed by atoms with E-state index in [2.05, 4.69) is 0 Å². The molecule has 2 amide bonds. The molecule has 0 aromatic heterocycles. The zero-order valence-corrected chi connectivity index (χ0v) is 25.4. The first kappa shape index (κ1) is 33.9. The van der Waals surface area contributed by atoms with Crippen LogP contribution in [0.1, 0.15) is 49.8 Å². The van der Waals surface area contributed by atoms with Crippen molar-refractivity contribution in [3.8, 4) is 0 Å². The van der Waals surface area contributed by atoms with Crippen molar-refractivity contribution in [2.75, 3.05) is 19.6 Å². The SMILES string of the molecule is CC1(C)CN(C(=O)N2CC[C@@]3(S(=O)(=O)c4ccc(F)cc4)c4ccc(C(F)(C(F)(F)F)C(F)(F)F)cc4CC[C@@H]23)CCC1C(=O)O. The Bertz CT molecular complexity index is 1640. The Morgan fingerprint density at radius 2 is 1.52 bits per heavy atom. The summed E-state index contributed by atoms with van der Waals surface area (Å²) in [6.07, 6.45) is -13.4. The number of aliphatic carboxylic acids is 1. The number of carbonyl (C=O) groups excluding carboxylic acids is 1. The summed E-state index contributed by atoms with van der Waals surface area (Å²) < 4.78 is 137.